The highest BCUT2D eigenvalue weighted by atomic mass is 16.6. The van der Waals surface area contributed by atoms with Crippen LogP contribution < -0.4 is 4.74 Å². The second-order valence-electron chi connectivity index (χ2n) is 5.71. The van der Waals surface area contributed by atoms with E-state index in [0.29, 0.717) is 16.9 Å². The van der Waals surface area contributed by atoms with Crippen molar-refractivity contribution in [3.8, 4) is 17.2 Å². The van der Waals surface area contributed by atoms with Gasteiger partial charge < -0.3 is 14.9 Å². The van der Waals surface area contributed by atoms with Crippen molar-refractivity contribution in [2.24, 2.45) is 0 Å². The number of nitro benzene ring substituents is 1. The van der Waals surface area contributed by atoms with Gasteiger partial charge in [-0.3, -0.25) is 19.7 Å². The van der Waals surface area contributed by atoms with Crippen LogP contribution in [-0.2, 0) is 9.59 Å². The van der Waals surface area contributed by atoms with Crippen molar-refractivity contribution < 1.29 is 29.5 Å². The summed E-state index contributed by atoms with van der Waals surface area (Å²) in [5.74, 6) is -1.17. The lowest BCUT2D eigenvalue weighted by Crippen LogP contribution is -2.01. The Morgan fingerprint density at radius 1 is 1.00 bits per heavy atom. The maximum atomic E-state index is 11.9. The molecular formula is C20H17NO7. The van der Waals surface area contributed by atoms with Gasteiger partial charge in [-0.25, -0.2) is 0 Å². The molecule has 144 valence electrons. The van der Waals surface area contributed by atoms with Gasteiger partial charge in [0.2, 0.25) is 0 Å². The fraction of sp³-hybridized carbons (Fsp3) is 0.100. The Bertz CT molecular complexity index is 977. The number of carbonyl (C=O) groups is 2. The molecule has 28 heavy (non-hydrogen) atoms. The maximum absolute atomic E-state index is 11.9. The Morgan fingerprint density at radius 2 is 1.57 bits per heavy atom. The minimum atomic E-state index is -0.736. The Labute approximate surface area is 160 Å². The summed E-state index contributed by atoms with van der Waals surface area (Å²) in [6.07, 6.45) is 4.77. The molecule has 2 rings (SSSR count). The molecule has 2 aromatic carbocycles. The van der Waals surface area contributed by atoms with Crippen LogP contribution >= 0.6 is 0 Å². The molecule has 0 aliphatic carbocycles. The quantitative estimate of drug-likeness (QED) is 0.310. The number of hydrogen-bond donors (Lipinski definition) is 2. The first kappa shape index (κ1) is 20.4. The summed E-state index contributed by atoms with van der Waals surface area (Å²) in [5.41, 5.74) is 0.428. The summed E-state index contributed by atoms with van der Waals surface area (Å²) < 4.78 is 4.92. The van der Waals surface area contributed by atoms with Crippen molar-refractivity contribution in [3.05, 3.63) is 69.8 Å². The van der Waals surface area contributed by atoms with E-state index in [4.69, 9.17) is 4.74 Å². The zero-order chi connectivity index (χ0) is 20.7. The lowest BCUT2D eigenvalue weighted by molar-refractivity contribution is -0.385. The zero-order valence-electron chi connectivity index (χ0n) is 14.9. The summed E-state index contributed by atoms with van der Waals surface area (Å²) in [6.45, 7) is 0. The minimum Gasteiger partial charge on any atom is -0.504 e. The van der Waals surface area contributed by atoms with Crippen molar-refractivity contribution >= 4 is 29.4 Å². The van der Waals surface area contributed by atoms with Crippen LogP contribution in [0.1, 0.15) is 17.5 Å². The molecule has 0 amide bonds. The normalized spacial score (nSPS) is 11.0. The first-order valence-corrected chi connectivity index (χ1v) is 8.06. The molecule has 2 N–H and O–H groups in total. The van der Waals surface area contributed by atoms with Gasteiger partial charge in [0.25, 0.3) is 0 Å². The third-order valence-electron chi connectivity index (χ3n) is 3.67. The van der Waals surface area contributed by atoms with Crippen LogP contribution in [0.5, 0.6) is 17.2 Å². The van der Waals surface area contributed by atoms with E-state index in [-0.39, 0.29) is 12.2 Å². The fourth-order valence-corrected chi connectivity index (χ4v) is 2.27. The number of allylic oxidation sites excluding steroid dienone is 2. The third-order valence-corrected chi connectivity index (χ3v) is 3.67. The van der Waals surface area contributed by atoms with Crippen molar-refractivity contribution in [1.82, 2.24) is 0 Å². The summed E-state index contributed by atoms with van der Waals surface area (Å²) in [7, 11) is 1.42. The van der Waals surface area contributed by atoms with E-state index in [1.54, 1.807) is 12.1 Å². The number of methoxy groups -OCH3 is 1. The van der Waals surface area contributed by atoms with Crippen molar-refractivity contribution in [2.45, 2.75) is 6.42 Å². The van der Waals surface area contributed by atoms with E-state index < -0.39 is 27.9 Å². The highest BCUT2D eigenvalue weighted by Gasteiger charge is 2.12. The molecule has 0 aliphatic rings. The molecule has 0 heterocycles. The fourth-order valence-electron chi connectivity index (χ4n) is 2.27. The Kier molecular flexibility index (Phi) is 6.64. The second kappa shape index (κ2) is 9.13. The van der Waals surface area contributed by atoms with Crippen LogP contribution in [0, 0.1) is 10.1 Å². The predicted molar refractivity (Wildman–Crippen MR) is 102 cm³/mol. The molecule has 8 nitrogen and oxygen atoms in total. The number of carbonyl (C=O) groups excluding carboxylic acids is 2. The number of ether oxygens (including phenoxy) is 1. The van der Waals surface area contributed by atoms with Crippen LogP contribution in [0.25, 0.3) is 12.2 Å². The average molecular weight is 383 g/mol. The highest BCUT2D eigenvalue weighted by molar-refractivity contribution is 6.10. The minimum absolute atomic E-state index is 0.0703. The lowest BCUT2D eigenvalue weighted by atomic mass is 10.1. The third kappa shape index (κ3) is 5.53. The van der Waals surface area contributed by atoms with Gasteiger partial charge in [-0.2, -0.15) is 0 Å². The largest absolute Gasteiger partial charge is 0.504 e. The van der Waals surface area contributed by atoms with Crippen molar-refractivity contribution in [1.29, 1.82) is 0 Å². The molecule has 8 heteroatoms. The predicted octanol–water partition coefficient (Wildman–Crippen LogP) is 3.27. The Morgan fingerprint density at radius 3 is 2.11 bits per heavy atom. The van der Waals surface area contributed by atoms with Gasteiger partial charge in [-0.15, -0.1) is 0 Å². The standard InChI is InChI=1S/C20H17NO7/c1-28-20-9-5-14(11-19(20)25)3-7-16(23)12-15(22)6-2-13-4-8-18(24)17(10-13)21(26)27/h2-11,24-25H,12H2,1H3/b6-2+,7-3+. The number of ketones is 2. The van der Waals surface area contributed by atoms with Crippen LogP contribution in [0.4, 0.5) is 5.69 Å². The van der Waals surface area contributed by atoms with Crippen LogP contribution in [-0.4, -0.2) is 33.8 Å². The van der Waals surface area contributed by atoms with Gasteiger partial charge >= 0.3 is 5.69 Å². The molecule has 0 unspecified atom stereocenters. The van der Waals surface area contributed by atoms with E-state index in [1.165, 1.54) is 37.5 Å². The first-order chi connectivity index (χ1) is 13.3. The number of phenols is 2. The molecule has 0 aliphatic heterocycles. The van der Waals surface area contributed by atoms with Gasteiger partial charge in [0.15, 0.2) is 28.8 Å². The summed E-state index contributed by atoms with van der Waals surface area (Å²) >= 11 is 0. The van der Waals surface area contributed by atoms with Crippen molar-refractivity contribution in [2.75, 3.05) is 7.11 Å². The molecular weight excluding hydrogens is 366 g/mol. The van der Waals surface area contributed by atoms with Gasteiger partial charge in [0.05, 0.1) is 18.5 Å². The molecule has 0 atom stereocenters. The van der Waals surface area contributed by atoms with Gasteiger partial charge in [-0.05, 0) is 41.5 Å². The molecule has 2 aromatic rings. The summed E-state index contributed by atoms with van der Waals surface area (Å²) in [5, 5.41) is 29.9. The van der Waals surface area contributed by atoms with E-state index in [2.05, 4.69) is 0 Å². The van der Waals surface area contributed by atoms with E-state index in [1.807, 2.05) is 0 Å². The summed E-state index contributed by atoms with van der Waals surface area (Å²) in [4.78, 5) is 33.8. The molecule has 0 radical (unpaired) electrons. The van der Waals surface area contributed by atoms with Crippen LogP contribution in [0.2, 0.25) is 0 Å². The molecule has 0 saturated heterocycles. The Balaban J connectivity index is 1.98. The Hall–Kier alpha value is -3.94. The number of nitrogens with zero attached hydrogens (tertiary/aromatic N) is 1. The molecule has 0 fully saturated rings. The van der Waals surface area contributed by atoms with E-state index in [9.17, 15) is 29.9 Å². The molecule has 0 bridgehead atoms. The maximum Gasteiger partial charge on any atom is 0.311 e. The average Bonchev–Trinajstić information content (AvgIpc) is 2.65. The monoisotopic (exact) mass is 383 g/mol. The van der Waals surface area contributed by atoms with Gasteiger partial charge in [-0.1, -0.05) is 24.3 Å². The lowest BCUT2D eigenvalue weighted by Gasteiger charge is -2.03. The van der Waals surface area contributed by atoms with Gasteiger partial charge in [0.1, 0.15) is 0 Å². The number of benzene rings is 2. The topological polar surface area (TPSA) is 127 Å². The highest BCUT2D eigenvalue weighted by Crippen LogP contribution is 2.27. The molecule has 0 aromatic heterocycles. The SMILES string of the molecule is COc1ccc(/C=C/C(=O)CC(=O)/C=C/c2ccc(O)c([N+](=O)[O-])c2)cc1O. The van der Waals surface area contributed by atoms with Crippen LogP contribution in [0.3, 0.4) is 0 Å². The van der Waals surface area contributed by atoms with Crippen LogP contribution in [0.15, 0.2) is 48.6 Å². The van der Waals surface area contributed by atoms with E-state index in [0.717, 1.165) is 18.2 Å². The first-order valence-electron chi connectivity index (χ1n) is 8.06. The second-order valence-corrected chi connectivity index (χ2v) is 5.71. The number of hydrogen-bond acceptors (Lipinski definition) is 7. The van der Waals surface area contributed by atoms with E-state index >= 15 is 0 Å². The summed E-state index contributed by atoms with van der Waals surface area (Å²) in [6, 6.07) is 8.29. The van der Waals surface area contributed by atoms with Gasteiger partial charge in [0, 0.05) is 6.07 Å². The van der Waals surface area contributed by atoms with Crippen molar-refractivity contribution in [3.63, 3.8) is 0 Å². The smallest absolute Gasteiger partial charge is 0.311 e. The number of phenolic OH excluding ortho intramolecular Hbond substituents is 2. The number of rotatable bonds is 8. The zero-order valence-corrected chi connectivity index (χ0v) is 14.9. The molecule has 0 saturated carbocycles. The molecule has 0 spiro atoms. The number of nitro groups is 1. The number of aromatic hydroxyl groups is 2.